The van der Waals surface area contributed by atoms with Crippen LogP contribution in [-0.2, 0) is 0 Å². The van der Waals surface area contributed by atoms with Gasteiger partial charge in [0.05, 0.1) is 18.6 Å². The van der Waals surface area contributed by atoms with Crippen molar-refractivity contribution in [2.45, 2.75) is 45.3 Å². The molecule has 1 aromatic carbocycles. The van der Waals surface area contributed by atoms with Crippen LogP contribution in [-0.4, -0.2) is 35.3 Å². The third kappa shape index (κ3) is 3.18. The third-order valence-corrected chi connectivity index (χ3v) is 4.40. The number of carbonyl (C=O) groups is 1. The smallest absolute Gasteiger partial charge is 0.257 e. The number of benzene rings is 1. The number of nitrogens with zero attached hydrogens (tertiary/aromatic N) is 1. The molecule has 116 valence electrons. The highest BCUT2D eigenvalue weighted by Gasteiger charge is 2.45. The molecular weight excluding hydrogens is 273 g/mol. The van der Waals surface area contributed by atoms with Crippen LogP contribution < -0.4 is 9.84 Å². The number of quaternary nitrogens is 1. The number of piperidine rings is 1. The zero-order valence-electron chi connectivity index (χ0n) is 12.8. The van der Waals surface area contributed by atoms with Gasteiger partial charge in [-0.2, -0.15) is 0 Å². The SMILES string of the molecule is CC(C)(C)[N+]1(C(=O)[O-])CCC(Oc2cccc(F)c2)CC1. The van der Waals surface area contributed by atoms with Crippen LogP contribution in [0.15, 0.2) is 24.3 Å². The Morgan fingerprint density at radius 2 is 1.95 bits per heavy atom. The van der Waals surface area contributed by atoms with Crippen LogP contribution in [0.4, 0.5) is 9.18 Å². The zero-order chi connectivity index (χ0) is 15.7. The van der Waals surface area contributed by atoms with Crippen molar-refractivity contribution in [2.75, 3.05) is 13.1 Å². The van der Waals surface area contributed by atoms with Crippen molar-refractivity contribution in [1.29, 1.82) is 0 Å². The van der Waals surface area contributed by atoms with Gasteiger partial charge in [0.25, 0.3) is 6.09 Å². The van der Waals surface area contributed by atoms with Crippen molar-refractivity contribution in [2.24, 2.45) is 0 Å². The maximum Gasteiger partial charge on any atom is 0.257 e. The summed E-state index contributed by atoms with van der Waals surface area (Å²) in [5.41, 5.74) is -0.414. The predicted molar refractivity (Wildman–Crippen MR) is 75.2 cm³/mol. The highest BCUT2D eigenvalue weighted by atomic mass is 19.1. The largest absolute Gasteiger partial charge is 0.498 e. The summed E-state index contributed by atoms with van der Waals surface area (Å²) >= 11 is 0. The van der Waals surface area contributed by atoms with Crippen molar-refractivity contribution < 1.29 is 23.5 Å². The Balaban J connectivity index is 2.04. The van der Waals surface area contributed by atoms with E-state index in [1.54, 1.807) is 12.1 Å². The maximum absolute atomic E-state index is 13.1. The molecule has 1 amide bonds. The number of carboxylic acid groups (broad SMARTS) is 1. The zero-order valence-corrected chi connectivity index (χ0v) is 12.8. The Morgan fingerprint density at radius 1 is 1.33 bits per heavy atom. The lowest BCUT2D eigenvalue weighted by atomic mass is 9.95. The first-order valence-electron chi connectivity index (χ1n) is 7.25. The Kier molecular flexibility index (Phi) is 4.23. The summed E-state index contributed by atoms with van der Waals surface area (Å²) in [5, 5.41) is 11.6. The quantitative estimate of drug-likeness (QED) is 0.787. The van der Waals surface area contributed by atoms with Crippen molar-refractivity contribution in [3.05, 3.63) is 30.1 Å². The lowest BCUT2D eigenvalue weighted by molar-refractivity contribution is -0.924. The monoisotopic (exact) mass is 295 g/mol. The molecule has 4 nitrogen and oxygen atoms in total. The molecule has 0 bridgehead atoms. The van der Waals surface area contributed by atoms with E-state index in [2.05, 4.69) is 0 Å². The molecule has 2 rings (SSSR count). The van der Waals surface area contributed by atoms with Crippen molar-refractivity contribution in [3.63, 3.8) is 0 Å². The number of amides is 1. The van der Waals surface area contributed by atoms with Crippen molar-refractivity contribution in [3.8, 4) is 5.75 Å². The summed E-state index contributed by atoms with van der Waals surface area (Å²) in [6.07, 6.45) is 0.107. The minimum Gasteiger partial charge on any atom is -0.498 e. The molecule has 1 aliphatic rings. The van der Waals surface area contributed by atoms with Crippen LogP contribution >= 0.6 is 0 Å². The summed E-state index contributed by atoms with van der Waals surface area (Å²) in [6.45, 7) is 6.67. The van der Waals surface area contributed by atoms with E-state index in [1.807, 2.05) is 20.8 Å². The summed E-state index contributed by atoms with van der Waals surface area (Å²) in [4.78, 5) is 11.6. The van der Waals surface area contributed by atoms with E-state index in [-0.39, 0.29) is 16.4 Å². The molecule has 1 aromatic rings. The predicted octanol–water partition coefficient (Wildman–Crippen LogP) is 2.33. The number of hydrogen-bond donors (Lipinski definition) is 0. The van der Waals surface area contributed by atoms with Gasteiger partial charge in [-0.3, -0.25) is 4.48 Å². The first-order chi connectivity index (χ1) is 9.74. The lowest BCUT2D eigenvalue weighted by Crippen LogP contribution is -2.70. The first-order valence-corrected chi connectivity index (χ1v) is 7.25. The number of likely N-dealkylation sites (tertiary alicyclic amines) is 1. The van der Waals surface area contributed by atoms with E-state index < -0.39 is 11.6 Å². The van der Waals surface area contributed by atoms with Crippen molar-refractivity contribution in [1.82, 2.24) is 0 Å². The van der Waals surface area contributed by atoms with Crippen LogP contribution in [0.5, 0.6) is 5.75 Å². The van der Waals surface area contributed by atoms with Crippen molar-refractivity contribution >= 4 is 6.09 Å². The molecule has 0 saturated carbocycles. The fourth-order valence-electron chi connectivity index (χ4n) is 2.96. The highest BCUT2D eigenvalue weighted by molar-refractivity contribution is 5.54. The number of halogens is 1. The van der Waals surface area contributed by atoms with Gasteiger partial charge < -0.3 is 14.6 Å². The average molecular weight is 295 g/mol. The summed E-state index contributed by atoms with van der Waals surface area (Å²) < 4.78 is 18.8. The Hall–Kier alpha value is -1.62. The Bertz CT molecular complexity index is 516. The van der Waals surface area contributed by atoms with E-state index in [0.29, 0.717) is 31.7 Å². The fourth-order valence-corrected chi connectivity index (χ4v) is 2.96. The second-order valence-electron chi connectivity index (χ2n) is 6.63. The van der Waals surface area contributed by atoms with Gasteiger partial charge in [0, 0.05) is 18.9 Å². The molecular formula is C16H22FNO3. The maximum atomic E-state index is 13.1. The standard InChI is InChI=1S/C16H22FNO3/c1-16(2,3)18(15(19)20)9-7-13(8-10-18)21-14-6-4-5-12(17)11-14/h4-6,11,13H,7-10H2,1-3H3. The molecule has 1 heterocycles. The number of carbonyl (C=O) groups excluding carboxylic acids is 1. The number of ether oxygens (including phenoxy) is 1. The van der Waals surface area contributed by atoms with Gasteiger partial charge in [-0.1, -0.05) is 6.07 Å². The summed E-state index contributed by atoms with van der Waals surface area (Å²) in [7, 11) is 0. The van der Waals surface area contributed by atoms with Gasteiger partial charge in [-0.25, -0.2) is 4.39 Å². The van der Waals surface area contributed by atoms with Crippen LogP contribution in [0.1, 0.15) is 33.6 Å². The molecule has 21 heavy (non-hydrogen) atoms. The molecule has 0 radical (unpaired) electrons. The molecule has 5 heteroatoms. The summed E-state index contributed by atoms with van der Waals surface area (Å²) in [6, 6.07) is 6.02. The number of rotatable bonds is 2. The van der Waals surface area contributed by atoms with E-state index in [1.165, 1.54) is 12.1 Å². The van der Waals surface area contributed by atoms with Gasteiger partial charge in [0.2, 0.25) is 0 Å². The van der Waals surface area contributed by atoms with E-state index >= 15 is 0 Å². The molecule has 0 unspecified atom stereocenters. The van der Waals surface area contributed by atoms with E-state index in [9.17, 15) is 14.3 Å². The van der Waals surface area contributed by atoms with E-state index in [4.69, 9.17) is 4.74 Å². The molecule has 1 aliphatic heterocycles. The second kappa shape index (κ2) is 5.64. The average Bonchev–Trinajstić information content (AvgIpc) is 2.38. The highest BCUT2D eigenvalue weighted by Crippen LogP contribution is 2.31. The minimum absolute atomic E-state index is 0.0595. The molecule has 0 spiro atoms. The molecule has 0 N–H and O–H groups in total. The summed E-state index contributed by atoms with van der Waals surface area (Å²) in [5.74, 6) is 0.155. The van der Waals surface area contributed by atoms with E-state index in [0.717, 1.165) is 0 Å². The van der Waals surface area contributed by atoms with Gasteiger partial charge in [-0.15, -0.1) is 0 Å². The van der Waals surface area contributed by atoms with Gasteiger partial charge in [-0.05, 0) is 32.9 Å². The fraction of sp³-hybridized carbons (Fsp3) is 0.562. The molecule has 0 atom stereocenters. The topological polar surface area (TPSA) is 49.4 Å². The van der Waals surface area contributed by atoms with Crippen LogP contribution in [0, 0.1) is 5.82 Å². The Morgan fingerprint density at radius 3 is 2.43 bits per heavy atom. The molecule has 1 saturated heterocycles. The van der Waals surface area contributed by atoms with Crippen LogP contribution in [0.25, 0.3) is 0 Å². The second-order valence-corrected chi connectivity index (χ2v) is 6.63. The van der Waals surface area contributed by atoms with Crippen LogP contribution in [0.3, 0.4) is 0 Å². The van der Waals surface area contributed by atoms with Crippen LogP contribution in [0.2, 0.25) is 0 Å². The Labute approximate surface area is 124 Å². The van der Waals surface area contributed by atoms with Gasteiger partial charge in [0.1, 0.15) is 17.7 Å². The minimum atomic E-state index is -1.04. The lowest BCUT2D eigenvalue weighted by Gasteiger charge is -2.51. The normalized spacial score (nSPS) is 26.4. The van der Waals surface area contributed by atoms with Gasteiger partial charge >= 0.3 is 0 Å². The molecule has 1 fully saturated rings. The first kappa shape index (κ1) is 15.8. The van der Waals surface area contributed by atoms with Gasteiger partial charge in [0.15, 0.2) is 0 Å². The molecule has 0 aromatic heterocycles. The number of hydrogen-bond acceptors (Lipinski definition) is 3. The third-order valence-electron chi connectivity index (χ3n) is 4.40. The molecule has 0 aliphatic carbocycles.